The lowest BCUT2D eigenvalue weighted by Gasteiger charge is -2.31. The number of carbonyl (C=O) groups is 2. The van der Waals surface area contributed by atoms with Gasteiger partial charge in [0, 0.05) is 0 Å². The van der Waals surface area contributed by atoms with Gasteiger partial charge in [-0.3, -0.25) is 9.69 Å². The smallest absolute Gasteiger partial charge is 0.325 e. The fourth-order valence-corrected chi connectivity index (χ4v) is 2.51. The van der Waals surface area contributed by atoms with Gasteiger partial charge in [0.2, 0.25) is 0 Å². The molecule has 2 rings (SSSR count). The molecule has 2 heterocycles. The highest BCUT2D eigenvalue weighted by Crippen LogP contribution is 2.26. The minimum absolute atomic E-state index is 0.100. The Morgan fingerprint density at radius 1 is 1.26 bits per heavy atom. The van der Waals surface area contributed by atoms with E-state index in [9.17, 15) is 9.59 Å². The monoisotopic (exact) mass is 269 g/mol. The van der Waals surface area contributed by atoms with Crippen molar-refractivity contribution < 1.29 is 14.3 Å². The lowest BCUT2D eigenvalue weighted by atomic mass is 9.88. The van der Waals surface area contributed by atoms with Crippen LogP contribution in [0.5, 0.6) is 0 Å². The molecule has 0 bridgehead atoms. The predicted octanol–water partition coefficient (Wildman–Crippen LogP) is 0.476. The van der Waals surface area contributed by atoms with Gasteiger partial charge in [-0.05, 0) is 46.7 Å². The van der Waals surface area contributed by atoms with E-state index in [1.54, 1.807) is 0 Å². The molecule has 0 radical (unpaired) electrons. The molecule has 0 aromatic carbocycles. The van der Waals surface area contributed by atoms with E-state index in [2.05, 4.69) is 10.6 Å². The second kappa shape index (κ2) is 5.09. The Labute approximate surface area is 113 Å². The largest absolute Gasteiger partial charge is 0.374 e. The van der Waals surface area contributed by atoms with E-state index in [1.807, 2.05) is 20.8 Å². The minimum atomic E-state index is -0.677. The van der Waals surface area contributed by atoms with Gasteiger partial charge >= 0.3 is 6.03 Å². The molecule has 0 atom stereocenters. The number of amides is 3. The highest BCUT2D eigenvalue weighted by atomic mass is 16.5. The standard InChI is InChI=1S/C13H23N3O3/c1-12(2,3)19-9-8-16-10(17)13(15-11(16)18)4-6-14-7-5-13/h14H,4-9H2,1-3H3,(H,15,18). The Morgan fingerprint density at radius 3 is 2.47 bits per heavy atom. The highest BCUT2D eigenvalue weighted by Gasteiger charge is 2.51. The van der Waals surface area contributed by atoms with Crippen molar-refractivity contribution in [1.29, 1.82) is 0 Å². The van der Waals surface area contributed by atoms with Crippen molar-refractivity contribution >= 4 is 11.9 Å². The van der Waals surface area contributed by atoms with Crippen LogP contribution in [0, 0.1) is 0 Å². The zero-order valence-corrected chi connectivity index (χ0v) is 11.9. The normalized spacial score (nSPS) is 23.0. The summed E-state index contributed by atoms with van der Waals surface area (Å²) >= 11 is 0. The van der Waals surface area contributed by atoms with Gasteiger partial charge in [-0.15, -0.1) is 0 Å². The zero-order valence-electron chi connectivity index (χ0n) is 11.9. The predicted molar refractivity (Wildman–Crippen MR) is 70.8 cm³/mol. The fourth-order valence-electron chi connectivity index (χ4n) is 2.51. The second-order valence-electron chi connectivity index (χ2n) is 6.18. The van der Waals surface area contributed by atoms with Crippen LogP contribution in [-0.2, 0) is 9.53 Å². The molecule has 2 fully saturated rings. The zero-order chi connectivity index (χ0) is 14.1. The Kier molecular flexibility index (Phi) is 3.82. The quantitative estimate of drug-likeness (QED) is 0.731. The maximum Gasteiger partial charge on any atom is 0.325 e. The number of nitrogens with one attached hydrogen (secondary N) is 2. The molecule has 6 heteroatoms. The van der Waals surface area contributed by atoms with E-state index in [-0.39, 0.29) is 17.5 Å². The van der Waals surface area contributed by atoms with Crippen molar-refractivity contribution in [1.82, 2.24) is 15.5 Å². The molecule has 2 N–H and O–H groups in total. The molecule has 108 valence electrons. The van der Waals surface area contributed by atoms with E-state index in [0.717, 1.165) is 13.1 Å². The van der Waals surface area contributed by atoms with E-state index in [4.69, 9.17) is 4.74 Å². The Morgan fingerprint density at radius 2 is 1.89 bits per heavy atom. The van der Waals surface area contributed by atoms with Crippen LogP contribution in [0.1, 0.15) is 33.6 Å². The van der Waals surface area contributed by atoms with Crippen molar-refractivity contribution in [2.24, 2.45) is 0 Å². The number of rotatable bonds is 3. The number of imide groups is 1. The Hall–Kier alpha value is -1.14. The molecule has 1 spiro atoms. The van der Waals surface area contributed by atoms with Crippen LogP contribution < -0.4 is 10.6 Å². The number of carbonyl (C=O) groups excluding carboxylic acids is 2. The number of urea groups is 1. The van der Waals surface area contributed by atoms with Crippen molar-refractivity contribution in [3.63, 3.8) is 0 Å². The number of nitrogens with zero attached hydrogens (tertiary/aromatic N) is 1. The summed E-state index contributed by atoms with van der Waals surface area (Å²) in [5.41, 5.74) is -0.935. The third-order valence-corrected chi connectivity index (χ3v) is 3.55. The summed E-state index contributed by atoms with van der Waals surface area (Å²) in [6.45, 7) is 8.07. The molecular weight excluding hydrogens is 246 g/mol. The van der Waals surface area contributed by atoms with Crippen LogP contribution in [-0.4, -0.2) is 54.2 Å². The molecule has 0 saturated carbocycles. The molecule has 0 aliphatic carbocycles. The average Bonchev–Trinajstić information content (AvgIpc) is 2.53. The van der Waals surface area contributed by atoms with Gasteiger partial charge in [0.25, 0.3) is 5.91 Å². The summed E-state index contributed by atoms with van der Waals surface area (Å²) in [5.74, 6) is -0.100. The van der Waals surface area contributed by atoms with Gasteiger partial charge in [0.05, 0.1) is 18.8 Å². The highest BCUT2D eigenvalue weighted by molar-refractivity contribution is 6.07. The van der Waals surface area contributed by atoms with Crippen LogP contribution in [0.25, 0.3) is 0 Å². The molecule has 0 unspecified atom stereocenters. The Balaban J connectivity index is 1.95. The SMILES string of the molecule is CC(C)(C)OCCN1C(=O)NC2(CCNCC2)C1=O. The third kappa shape index (κ3) is 3.06. The van der Waals surface area contributed by atoms with E-state index in [0.29, 0.717) is 26.0 Å². The van der Waals surface area contributed by atoms with Crippen molar-refractivity contribution in [2.45, 2.75) is 44.8 Å². The number of ether oxygens (including phenoxy) is 1. The summed E-state index contributed by atoms with van der Waals surface area (Å²) < 4.78 is 5.58. The maximum absolute atomic E-state index is 12.4. The van der Waals surface area contributed by atoms with Crippen LogP contribution in [0.4, 0.5) is 4.79 Å². The number of hydrogen-bond donors (Lipinski definition) is 2. The molecule has 2 saturated heterocycles. The second-order valence-corrected chi connectivity index (χ2v) is 6.18. The van der Waals surface area contributed by atoms with Crippen LogP contribution in [0.2, 0.25) is 0 Å². The summed E-state index contributed by atoms with van der Waals surface area (Å²) in [6, 6.07) is -0.288. The number of hydrogen-bond acceptors (Lipinski definition) is 4. The molecule has 6 nitrogen and oxygen atoms in total. The molecule has 19 heavy (non-hydrogen) atoms. The molecule has 2 aliphatic rings. The van der Waals surface area contributed by atoms with Crippen LogP contribution in [0.3, 0.4) is 0 Å². The summed E-state index contributed by atoms with van der Waals surface area (Å²) in [7, 11) is 0. The van der Waals surface area contributed by atoms with E-state index in [1.165, 1.54) is 4.90 Å². The molecule has 2 aliphatic heterocycles. The third-order valence-electron chi connectivity index (χ3n) is 3.55. The van der Waals surface area contributed by atoms with Crippen LogP contribution in [0.15, 0.2) is 0 Å². The Bertz CT molecular complexity index is 370. The van der Waals surface area contributed by atoms with Gasteiger partial charge in [-0.2, -0.15) is 0 Å². The molecule has 3 amide bonds. The van der Waals surface area contributed by atoms with Crippen LogP contribution >= 0.6 is 0 Å². The summed E-state index contributed by atoms with van der Waals surface area (Å²) in [4.78, 5) is 25.6. The van der Waals surface area contributed by atoms with E-state index >= 15 is 0 Å². The lowest BCUT2D eigenvalue weighted by Crippen LogP contribution is -2.54. The molecule has 0 aromatic heterocycles. The van der Waals surface area contributed by atoms with Gasteiger partial charge < -0.3 is 15.4 Å². The van der Waals surface area contributed by atoms with E-state index < -0.39 is 5.54 Å². The first-order chi connectivity index (χ1) is 8.84. The van der Waals surface area contributed by atoms with Crippen molar-refractivity contribution in [3.8, 4) is 0 Å². The van der Waals surface area contributed by atoms with Crippen molar-refractivity contribution in [3.05, 3.63) is 0 Å². The first-order valence-electron chi connectivity index (χ1n) is 6.83. The maximum atomic E-state index is 12.4. The van der Waals surface area contributed by atoms with Gasteiger partial charge in [-0.25, -0.2) is 4.79 Å². The van der Waals surface area contributed by atoms with Gasteiger partial charge in [0.1, 0.15) is 5.54 Å². The fraction of sp³-hybridized carbons (Fsp3) is 0.846. The molecular formula is C13H23N3O3. The van der Waals surface area contributed by atoms with Gasteiger partial charge in [0.15, 0.2) is 0 Å². The summed E-state index contributed by atoms with van der Waals surface area (Å²) in [5, 5.41) is 6.06. The average molecular weight is 269 g/mol. The summed E-state index contributed by atoms with van der Waals surface area (Å²) in [6.07, 6.45) is 1.32. The first-order valence-corrected chi connectivity index (χ1v) is 6.83. The topological polar surface area (TPSA) is 70.7 Å². The number of piperidine rings is 1. The molecule has 0 aromatic rings. The first kappa shape index (κ1) is 14.3. The van der Waals surface area contributed by atoms with Gasteiger partial charge in [-0.1, -0.05) is 0 Å². The van der Waals surface area contributed by atoms with Crippen molar-refractivity contribution in [2.75, 3.05) is 26.2 Å². The minimum Gasteiger partial charge on any atom is -0.374 e. The lowest BCUT2D eigenvalue weighted by molar-refractivity contribution is -0.133.